The zero-order chi connectivity index (χ0) is 19.4. The molecule has 0 atom stereocenters. The lowest BCUT2D eigenvalue weighted by Crippen LogP contribution is -2.18. The first-order valence-corrected chi connectivity index (χ1v) is 8.51. The molecule has 0 aliphatic carbocycles. The van der Waals surface area contributed by atoms with E-state index in [1.165, 1.54) is 12.1 Å². The van der Waals surface area contributed by atoms with Gasteiger partial charge in [-0.1, -0.05) is 18.7 Å². The summed E-state index contributed by atoms with van der Waals surface area (Å²) < 4.78 is 25.1. The van der Waals surface area contributed by atoms with Crippen molar-refractivity contribution in [1.82, 2.24) is 5.32 Å². The Labute approximate surface area is 156 Å². The monoisotopic (exact) mass is 365 g/mol. The fraction of sp³-hybridized carbons (Fsp3) is 0.136. The van der Waals surface area contributed by atoms with Crippen molar-refractivity contribution in [2.45, 2.75) is 6.42 Å². The van der Waals surface area contributed by atoms with Crippen LogP contribution in [0.15, 0.2) is 66.1 Å². The van der Waals surface area contributed by atoms with Crippen LogP contribution < -0.4 is 10.1 Å². The van der Waals surface area contributed by atoms with Crippen molar-refractivity contribution in [2.75, 3.05) is 13.7 Å². The smallest absolute Gasteiger partial charge is 0.255 e. The van der Waals surface area contributed by atoms with Crippen molar-refractivity contribution in [3.05, 3.63) is 78.7 Å². The standard InChI is InChI=1S/C22H20FNO3/c1-4-6-16-17(26-13-5-2)11-12-18-19(16)20(22(25)24-3)21(27-18)14-7-9-15(23)10-8-14/h4-5,7-12H,1-2,6,13H2,3H3,(H,24,25). The Morgan fingerprint density at radius 2 is 1.93 bits per heavy atom. The second-order valence-corrected chi connectivity index (χ2v) is 5.90. The van der Waals surface area contributed by atoms with Gasteiger partial charge in [0.05, 0.1) is 5.56 Å². The zero-order valence-corrected chi connectivity index (χ0v) is 15.0. The average molecular weight is 365 g/mol. The molecule has 0 radical (unpaired) electrons. The Morgan fingerprint density at radius 1 is 1.19 bits per heavy atom. The summed E-state index contributed by atoms with van der Waals surface area (Å²) in [7, 11) is 1.56. The largest absolute Gasteiger partial charge is 0.489 e. The van der Waals surface area contributed by atoms with Crippen molar-refractivity contribution in [1.29, 1.82) is 0 Å². The van der Waals surface area contributed by atoms with E-state index in [0.29, 0.717) is 46.6 Å². The molecular formula is C22H20FNO3. The number of furan rings is 1. The van der Waals surface area contributed by atoms with E-state index in [4.69, 9.17) is 9.15 Å². The summed E-state index contributed by atoms with van der Waals surface area (Å²) in [6.07, 6.45) is 3.89. The minimum atomic E-state index is -0.358. The highest BCUT2D eigenvalue weighted by molar-refractivity contribution is 6.12. The molecule has 0 unspecified atom stereocenters. The summed E-state index contributed by atoms with van der Waals surface area (Å²) in [5.41, 5.74) is 2.36. The number of ether oxygens (including phenoxy) is 1. The van der Waals surface area contributed by atoms with Crippen LogP contribution in [-0.4, -0.2) is 19.6 Å². The minimum Gasteiger partial charge on any atom is -0.489 e. The van der Waals surface area contributed by atoms with Gasteiger partial charge in [0.2, 0.25) is 0 Å². The molecule has 0 aliphatic rings. The van der Waals surface area contributed by atoms with E-state index in [1.807, 2.05) is 0 Å². The number of rotatable bonds is 7. The third kappa shape index (κ3) is 3.49. The van der Waals surface area contributed by atoms with E-state index in [1.54, 1.807) is 43.5 Å². The maximum Gasteiger partial charge on any atom is 0.255 e. The molecule has 4 nitrogen and oxygen atoms in total. The molecule has 0 spiro atoms. The molecule has 0 saturated carbocycles. The quantitative estimate of drug-likeness (QED) is 0.607. The van der Waals surface area contributed by atoms with Gasteiger partial charge in [-0.05, 0) is 42.8 Å². The number of carbonyl (C=O) groups excluding carboxylic acids is 1. The van der Waals surface area contributed by atoms with Crippen molar-refractivity contribution in [3.8, 4) is 17.1 Å². The van der Waals surface area contributed by atoms with Crippen LogP contribution in [0.2, 0.25) is 0 Å². The molecule has 2 aromatic carbocycles. The lowest BCUT2D eigenvalue weighted by molar-refractivity contribution is 0.0964. The molecule has 5 heteroatoms. The van der Waals surface area contributed by atoms with E-state index < -0.39 is 0 Å². The maximum absolute atomic E-state index is 13.3. The lowest BCUT2D eigenvalue weighted by Gasteiger charge is -2.11. The van der Waals surface area contributed by atoms with E-state index in [2.05, 4.69) is 18.5 Å². The molecule has 1 N–H and O–H groups in total. The third-order valence-corrected chi connectivity index (χ3v) is 4.19. The molecule has 3 rings (SSSR count). The Bertz CT molecular complexity index is 1000. The van der Waals surface area contributed by atoms with Crippen LogP contribution in [0.1, 0.15) is 15.9 Å². The molecular weight excluding hydrogens is 345 g/mol. The first-order chi connectivity index (χ1) is 13.1. The first-order valence-electron chi connectivity index (χ1n) is 8.51. The predicted octanol–water partition coefficient (Wildman–Crippen LogP) is 4.89. The average Bonchev–Trinajstić information content (AvgIpc) is 3.07. The molecule has 0 aliphatic heterocycles. The summed E-state index contributed by atoms with van der Waals surface area (Å²) in [5, 5.41) is 3.32. The number of benzene rings is 2. The zero-order valence-electron chi connectivity index (χ0n) is 15.0. The summed E-state index contributed by atoms with van der Waals surface area (Å²) in [6, 6.07) is 9.40. The fourth-order valence-electron chi connectivity index (χ4n) is 3.02. The topological polar surface area (TPSA) is 51.5 Å². The molecule has 27 heavy (non-hydrogen) atoms. The highest BCUT2D eigenvalue weighted by Gasteiger charge is 2.25. The molecule has 138 valence electrons. The third-order valence-electron chi connectivity index (χ3n) is 4.19. The van der Waals surface area contributed by atoms with Crippen LogP contribution in [0.3, 0.4) is 0 Å². The molecule has 0 bridgehead atoms. The maximum atomic E-state index is 13.3. The SMILES string of the molecule is C=CCOc1ccc2oc(-c3ccc(F)cc3)c(C(=O)NC)c2c1CC=C. The molecule has 1 aromatic heterocycles. The number of nitrogens with one attached hydrogen (secondary N) is 1. The molecule has 0 saturated heterocycles. The van der Waals surface area contributed by atoms with Crippen LogP contribution in [0, 0.1) is 5.82 Å². The Hall–Kier alpha value is -3.34. The van der Waals surface area contributed by atoms with Crippen LogP contribution >= 0.6 is 0 Å². The van der Waals surface area contributed by atoms with Gasteiger partial charge in [-0.25, -0.2) is 4.39 Å². The van der Waals surface area contributed by atoms with Crippen LogP contribution in [0.5, 0.6) is 5.75 Å². The number of fused-ring (bicyclic) bond motifs is 1. The van der Waals surface area contributed by atoms with Crippen LogP contribution in [0.4, 0.5) is 4.39 Å². The van der Waals surface area contributed by atoms with E-state index in [9.17, 15) is 9.18 Å². The van der Waals surface area contributed by atoms with Crippen LogP contribution in [-0.2, 0) is 6.42 Å². The second-order valence-electron chi connectivity index (χ2n) is 5.90. The summed E-state index contributed by atoms with van der Waals surface area (Å²) in [4.78, 5) is 12.7. The van der Waals surface area contributed by atoms with Gasteiger partial charge in [0.1, 0.15) is 29.5 Å². The molecule has 1 amide bonds. The molecule has 3 aromatic rings. The van der Waals surface area contributed by atoms with Gasteiger partial charge in [0.15, 0.2) is 0 Å². The number of hydrogen-bond donors (Lipinski definition) is 1. The van der Waals surface area contributed by atoms with Crippen molar-refractivity contribution < 1.29 is 18.3 Å². The fourth-order valence-corrected chi connectivity index (χ4v) is 3.02. The van der Waals surface area contributed by atoms with Gasteiger partial charge in [0, 0.05) is 23.6 Å². The first kappa shape index (κ1) is 18.5. The van der Waals surface area contributed by atoms with E-state index >= 15 is 0 Å². The van der Waals surface area contributed by atoms with Crippen LogP contribution in [0.25, 0.3) is 22.3 Å². The number of carbonyl (C=O) groups is 1. The second kappa shape index (κ2) is 7.91. The summed E-state index contributed by atoms with van der Waals surface area (Å²) in [5.74, 6) is 0.373. The highest BCUT2D eigenvalue weighted by Crippen LogP contribution is 2.39. The van der Waals surface area contributed by atoms with Gasteiger partial charge in [-0.15, -0.1) is 6.58 Å². The highest BCUT2D eigenvalue weighted by atomic mass is 19.1. The summed E-state index contributed by atoms with van der Waals surface area (Å²) in [6.45, 7) is 7.81. The Kier molecular flexibility index (Phi) is 5.41. The van der Waals surface area contributed by atoms with E-state index in [0.717, 1.165) is 5.56 Å². The van der Waals surface area contributed by atoms with Crippen molar-refractivity contribution in [3.63, 3.8) is 0 Å². The Morgan fingerprint density at radius 3 is 2.56 bits per heavy atom. The van der Waals surface area contributed by atoms with Crippen molar-refractivity contribution in [2.24, 2.45) is 0 Å². The van der Waals surface area contributed by atoms with Gasteiger partial charge in [0.25, 0.3) is 5.91 Å². The minimum absolute atomic E-state index is 0.292. The number of hydrogen-bond acceptors (Lipinski definition) is 3. The number of amides is 1. The van der Waals surface area contributed by atoms with E-state index in [-0.39, 0.29) is 11.7 Å². The normalized spacial score (nSPS) is 10.6. The van der Waals surface area contributed by atoms with Gasteiger partial charge in [-0.2, -0.15) is 0 Å². The lowest BCUT2D eigenvalue weighted by atomic mass is 9.98. The Balaban J connectivity index is 2.32. The molecule has 1 heterocycles. The van der Waals surface area contributed by atoms with Gasteiger partial charge in [-0.3, -0.25) is 4.79 Å². The molecule has 0 fully saturated rings. The predicted molar refractivity (Wildman–Crippen MR) is 105 cm³/mol. The van der Waals surface area contributed by atoms with Gasteiger partial charge < -0.3 is 14.5 Å². The number of allylic oxidation sites excluding steroid dienone is 1. The number of halogens is 1. The van der Waals surface area contributed by atoms with Gasteiger partial charge >= 0.3 is 0 Å². The summed E-state index contributed by atoms with van der Waals surface area (Å²) >= 11 is 0. The van der Waals surface area contributed by atoms with Crippen molar-refractivity contribution >= 4 is 16.9 Å².